The molecule has 4 aromatic carbocycles. The molecule has 0 atom stereocenters. The molecule has 60 heavy (non-hydrogen) atoms. The average Bonchev–Trinajstić information content (AvgIpc) is 3.79. The van der Waals surface area contributed by atoms with Crippen LogP contribution in [0.2, 0.25) is 0 Å². The fraction of sp³-hybridized carbons (Fsp3) is 0.348. The maximum absolute atomic E-state index is 11.8. The summed E-state index contributed by atoms with van der Waals surface area (Å²) >= 11 is 3.48. The lowest BCUT2D eigenvalue weighted by molar-refractivity contribution is 0.425. The van der Waals surface area contributed by atoms with Crippen molar-refractivity contribution in [3.63, 3.8) is 0 Å². The van der Waals surface area contributed by atoms with Gasteiger partial charge in [0.1, 0.15) is 0 Å². The second-order valence-corrected chi connectivity index (χ2v) is 21.4. The molecule has 0 fully saturated rings. The number of hydrogen-bond acceptors (Lipinski definition) is 8. The lowest BCUT2D eigenvalue weighted by Crippen LogP contribution is -2.30. The Labute approximate surface area is 365 Å². The molecular weight excluding hydrogens is 859 g/mol. The monoisotopic (exact) mass is 916 g/mol. The van der Waals surface area contributed by atoms with Gasteiger partial charge in [0.25, 0.3) is 0 Å². The summed E-state index contributed by atoms with van der Waals surface area (Å²) in [4.78, 5) is 0.420. The first-order chi connectivity index (χ1) is 28.0. The van der Waals surface area contributed by atoms with E-state index >= 15 is 0 Å². The summed E-state index contributed by atoms with van der Waals surface area (Å²) in [6, 6.07) is 33.7. The Morgan fingerprint density at radius 2 is 0.950 bits per heavy atom. The summed E-state index contributed by atoms with van der Waals surface area (Å²) in [6.45, 7) is 19.4. The molecule has 0 aliphatic carbocycles. The quantitative estimate of drug-likeness (QED) is 0.116. The maximum Gasteiger partial charge on any atom is 0.488 e. The van der Waals surface area contributed by atoms with Crippen molar-refractivity contribution in [1.82, 2.24) is 19.6 Å². The van der Waals surface area contributed by atoms with Crippen molar-refractivity contribution in [2.45, 2.75) is 90.1 Å². The van der Waals surface area contributed by atoms with E-state index in [9.17, 15) is 16.8 Å². The molecule has 14 heteroatoms. The Hall–Kier alpha value is -4.34. The first-order valence-corrected chi connectivity index (χ1v) is 24.6. The summed E-state index contributed by atoms with van der Waals surface area (Å²) < 4.78 is 51.1. The van der Waals surface area contributed by atoms with Crippen LogP contribution < -0.4 is 5.46 Å². The molecule has 0 aliphatic rings. The molecule has 0 aliphatic heterocycles. The lowest BCUT2D eigenvalue weighted by Gasteiger charge is -2.11. The van der Waals surface area contributed by atoms with Gasteiger partial charge in [-0.3, -0.25) is 9.36 Å². The minimum absolute atomic E-state index is 0.0816. The molecule has 0 spiro atoms. The van der Waals surface area contributed by atoms with Crippen LogP contribution in [0.1, 0.15) is 78.6 Å². The molecule has 10 nitrogen and oxygen atoms in total. The first-order valence-electron chi connectivity index (χ1n) is 20.0. The van der Waals surface area contributed by atoms with E-state index in [1.54, 1.807) is 18.2 Å². The molecule has 6 aromatic rings. The van der Waals surface area contributed by atoms with Crippen LogP contribution in [0.15, 0.2) is 123 Å². The predicted molar refractivity (Wildman–Crippen MR) is 249 cm³/mol. The molecule has 0 saturated carbocycles. The van der Waals surface area contributed by atoms with Crippen molar-refractivity contribution in [1.29, 1.82) is 0 Å². The van der Waals surface area contributed by atoms with Gasteiger partial charge < -0.3 is 10.0 Å². The van der Waals surface area contributed by atoms with Gasteiger partial charge in [0, 0.05) is 30.1 Å². The fourth-order valence-electron chi connectivity index (χ4n) is 6.14. The van der Waals surface area contributed by atoms with Gasteiger partial charge in [0.2, 0.25) is 0 Å². The summed E-state index contributed by atoms with van der Waals surface area (Å²) in [6.07, 6.45) is 2.30. The molecule has 0 bridgehead atoms. The average molecular weight is 918 g/mol. The van der Waals surface area contributed by atoms with E-state index in [-0.39, 0.29) is 10.4 Å². The molecule has 0 saturated heterocycles. The number of rotatable bonds is 12. The zero-order chi connectivity index (χ0) is 44.5. The number of benzene rings is 4. The van der Waals surface area contributed by atoms with Crippen molar-refractivity contribution in [2.75, 3.05) is 12.5 Å². The fourth-order valence-corrected chi connectivity index (χ4v) is 7.75. The van der Waals surface area contributed by atoms with Crippen LogP contribution in [0, 0.1) is 11.8 Å². The summed E-state index contributed by atoms with van der Waals surface area (Å²) in [5.74, 6) is 1.94. The van der Waals surface area contributed by atoms with Gasteiger partial charge in [-0.25, -0.2) is 16.8 Å². The van der Waals surface area contributed by atoms with Crippen LogP contribution in [0.3, 0.4) is 0 Å². The highest BCUT2D eigenvalue weighted by atomic mass is 79.9. The van der Waals surface area contributed by atoms with Crippen molar-refractivity contribution in [3.05, 3.63) is 125 Å². The first kappa shape index (κ1) is 48.3. The number of halogens is 1. The van der Waals surface area contributed by atoms with E-state index in [1.807, 2.05) is 18.2 Å². The van der Waals surface area contributed by atoms with E-state index < -0.39 is 26.8 Å². The Morgan fingerprint density at radius 3 is 1.35 bits per heavy atom. The van der Waals surface area contributed by atoms with E-state index in [2.05, 4.69) is 129 Å². The number of aromatic nitrogens is 4. The van der Waals surface area contributed by atoms with Crippen molar-refractivity contribution < 1.29 is 26.9 Å². The summed E-state index contributed by atoms with van der Waals surface area (Å²) in [5.41, 5.74) is 8.99. The molecule has 2 aromatic heterocycles. The topological polar surface area (TPSA) is 144 Å². The number of hydrogen-bond donors (Lipinski definition) is 2. The van der Waals surface area contributed by atoms with Gasteiger partial charge in [0.05, 0.1) is 32.6 Å². The van der Waals surface area contributed by atoms with Gasteiger partial charge in [0.15, 0.2) is 19.7 Å². The van der Waals surface area contributed by atoms with E-state index in [0.717, 1.165) is 51.9 Å². The van der Waals surface area contributed by atoms with E-state index in [0.29, 0.717) is 28.6 Å². The van der Waals surface area contributed by atoms with Crippen LogP contribution in [0.4, 0.5) is 0 Å². The van der Waals surface area contributed by atoms with Gasteiger partial charge >= 0.3 is 7.12 Å². The Bertz CT molecular complexity index is 2550. The lowest BCUT2D eigenvalue weighted by atomic mass is 9.80. The standard InChI is InChI=1S/C23H28N2O2S.C16H21BrN2.C7H9BO4S/c1-16(2)15-25-23(14-22(24-25)17(3)4)19-11-9-18(10-12-19)20-7-6-8-21(13-20)28(5,26)27;1-11(2)10-19-16(9-15(18-19)12(3)4)13-5-7-14(17)8-6-13;1-13(11,12)7-4-2-3-6(5-7)8(9)10/h6-14,16-17H,15H2,1-5H3;5-9,11-12H,10H2,1-4H3;2-5,9-10H,1H3. The number of nitrogens with zero attached hydrogens (tertiary/aromatic N) is 4. The van der Waals surface area contributed by atoms with Crippen LogP contribution in [0.5, 0.6) is 0 Å². The maximum atomic E-state index is 11.8. The summed E-state index contributed by atoms with van der Waals surface area (Å²) in [5, 5.41) is 27.1. The second-order valence-electron chi connectivity index (χ2n) is 16.5. The molecule has 2 heterocycles. The number of sulfone groups is 2. The van der Waals surface area contributed by atoms with Gasteiger partial charge in [-0.2, -0.15) is 10.2 Å². The molecular formula is C46H58BBrN4O6S2. The third kappa shape index (κ3) is 13.9. The minimum Gasteiger partial charge on any atom is -0.423 e. The van der Waals surface area contributed by atoms with Crippen LogP contribution in [-0.2, 0) is 32.8 Å². The molecule has 320 valence electrons. The van der Waals surface area contributed by atoms with Crippen molar-refractivity contribution in [2.24, 2.45) is 11.8 Å². The summed E-state index contributed by atoms with van der Waals surface area (Å²) in [7, 11) is -8.14. The van der Waals surface area contributed by atoms with Crippen LogP contribution in [0.25, 0.3) is 33.6 Å². The highest BCUT2D eigenvalue weighted by molar-refractivity contribution is 9.10. The predicted octanol–water partition coefficient (Wildman–Crippen LogP) is 9.26. The molecule has 6 rings (SSSR count). The van der Waals surface area contributed by atoms with Crippen LogP contribution >= 0.6 is 15.9 Å². The largest absolute Gasteiger partial charge is 0.488 e. The highest BCUT2D eigenvalue weighted by Gasteiger charge is 2.17. The molecule has 0 radical (unpaired) electrons. The molecule has 2 N–H and O–H groups in total. The Morgan fingerprint density at radius 1 is 0.550 bits per heavy atom. The SMILES string of the molecule is CC(C)Cn1nc(C(C)C)cc1-c1ccc(-c2cccc(S(C)(=O)=O)c2)cc1.CC(C)Cn1nc(C(C)C)cc1-c1ccc(Br)cc1.CS(=O)(=O)c1cccc(B(O)O)c1. The minimum atomic E-state index is -3.28. The molecule has 0 amide bonds. The van der Waals surface area contributed by atoms with Gasteiger partial charge in [-0.1, -0.05) is 132 Å². The highest BCUT2D eigenvalue weighted by Crippen LogP contribution is 2.30. The zero-order valence-electron chi connectivity index (χ0n) is 36.2. The normalized spacial score (nSPS) is 11.8. The smallest absolute Gasteiger partial charge is 0.423 e. The van der Waals surface area contributed by atoms with Crippen molar-refractivity contribution >= 4 is 48.2 Å². The zero-order valence-corrected chi connectivity index (χ0v) is 39.4. The van der Waals surface area contributed by atoms with Crippen molar-refractivity contribution in [3.8, 4) is 33.6 Å². The van der Waals surface area contributed by atoms with Gasteiger partial charge in [-0.15, -0.1) is 0 Å². The Balaban J connectivity index is 0.000000214. The Kier molecular flexibility index (Phi) is 16.9. The van der Waals surface area contributed by atoms with E-state index in [4.69, 9.17) is 20.2 Å². The third-order valence-electron chi connectivity index (χ3n) is 9.36. The van der Waals surface area contributed by atoms with Gasteiger partial charge in [-0.05, 0) is 99.9 Å². The molecule has 0 unspecified atom stereocenters. The third-order valence-corrected chi connectivity index (χ3v) is 12.1. The van der Waals surface area contributed by atoms with E-state index in [1.165, 1.54) is 47.5 Å². The second kappa shape index (κ2) is 21.0. The van der Waals surface area contributed by atoms with Crippen LogP contribution in [-0.4, -0.2) is 66.1 Å².